The Bertz CT molecular complexity index is 437. The average molecular weight is 283 g/mol. The Hall–Kier alpha value is -2.05. The Kier molecular flexibility index (Phi) is 5.54. The molecule has 1 rings (SSSR count). The fourth-order valence-corrected chi connectivity index (χ4v) is 1.86. The van der Waals surface area contributed by atoms with Crippen LogP contribution in [0.2, 0.25) is 0 Å². The third-order valence-electron chi connectivity index (χ3n) is 2.54. The predicted molar refractivity (Wildman–Crippen MR) is 72.0 cm³/mol. The highest BCUT2D eigenvalue weighted by molar-refractivity contribution is 5.75. The number of carbonyl (C=O) groups is 2. The van der Waals surface area contributed by atoms with Gasteiger partial charge in [-0.2, -0.15) is 0 Å². The van der Waals surface area contributed by atoms with Crippen LogP contribution >= 0.6 is 0 Å². The van der Waals surface area contributed by atoms with Crippen molar-refractivity contribution in [2.45, 2.75) is 46.2 Å². The first-order chi connectivity index (χ1) is 9.26. The molecule has 0 saturated carbocycles. The lowest BCUT2D eigenvalue weighted by Crippen LogP contribution is -2.44. The van der Waals surface area contributed by atoms with Gasteiger partial charge in [-0.15, -0.1) is 0 Å². The summed E-state index contributed by atoms with van der Waals surface area (Å²) < 4.78 is 4.65. The Morgan fingerprint density at radius 2 is 2.15 bits per heavy atom. The van der Waals surface area contributed by atoms with Crippen molar-refractivity contribution in [3.8, 4) is 0 Å². The van der Waals surface area contributed by atoms with Crippen LogP contribution in [0.1, 0.15) is 39.3 Å². The molecule has 0 saturated heterocycles. The molecule has 1 heterocycles. The number of carboxylic acids is 1. The third kappa shape index (κ3) is 6.77. The number of aromatic nitrogens is 1. The standard InChI is InChI=1S/C13H21N3O4/c1-13(2,3)7-10(6-11(17)18)15-12(19)14-8-9-4-5-20-16-9/h4-5,10H,6-8H2,1-3H3,(H,17,18)(H2,14,15,19). The van der Waals surface area contributed by atoms with Crippen molar-refractivity contribution in [1.29, 1.82) is 0 Å². The van der Waals surface area contributed by atoms with Crippen LogP contribution < -0.4 is 10.6 Å². The van der Waals surface area contributed by atoms with Crippen LogP contribution in [0, 0.1) is 5.41 Å². The van der Waals surface area contributed by atoms with Crippen LogP contribution in [0.4, 0.5) is 4.79 Å². The number of nitrogens with zero attached hydrogens (tertiary/aromatic N) is 1. The van der Waals surface area contributed by atoms with E-state index < -0.39 is 18.0 Å². The van der Waals surface area contributed by atoms with Crippen molar-refractivity contribution >= 4 is 12.0 Å². The van der Waals surface area contributed by atoms with Crippen LogP contribution in [0.5, 0.6) is 0 Å². The van der Waals surface area contributed by atoms with Gasteiger partial charge in [-0.25, -0.2) is 4.79 Å². The van der Waals surface area contributed by atoms with Crippen molar-refractivity contribution in [2.24, 2.45) is 5.41 Å². The maximum absolute atomic E-state index is 11.7. The largest absolute Gasteiger partial charge is 0.481 e. The van der Waals surface area contributed by atoms with E-state index in [-0.39, 0.29) is 18.4 Å². The maximum Gasteiger partial charge on any atom is 0.315 e. The lowest BCUT2D eigenvalue weighted by molar-refractivity contribution is -0.137. The lowest BCUT2D eigenvalue weighted by atomic mass is 9.87. The quantitative estimate of drug-likeness (QED) is 0.737. The van der Waals surface area contributed by atoms with E-state index in [1.807, 2.05) is 20.8 Å². The van der Waals surface area contributed by atoms with E-state index in [1.54, 1.807) is 6.07 Å². The molecule has 0 aliphatic heterocycles. The van der Waals surface area contributed by atoms with E-state index in [1.165, 1.54) is 6.26 Å². The minimum absolute atomic E-state index is 0.0699. The average Bonchev–Trinajstić information content (AvgIpc) is 2.75. The summed E-state index contributed by atoms with van der Waals surface area (Å²) in [5.41, 5.74) is 0.533. The highest BCUT2D eigenvalue weighted by Crippen LogP contribution is 2.22. The van der Waals surface area contributed by atoms with Gasteiger partial charge < -0.3 is 20.3 Å². The highest BCUT2D eigenvalue weighted by atomic mass is 16.5. The molecule has 20 heavy (non-hydrogen) atoms. The number of carbonyl (C=O) groups excluding carboxylic acids is 1. The van der Waals surface area contributed by atoms with Crippen molar-refractivity contribution in [1.82, 2.24) is 15.8 Å². The van der Waals surface area contributed by atoms with E-state index in [0.717, 1.165) is 0 Å². The van der Waals surface area contributed by atoms with Crippen LogP contribution in [-0.4, -0.2) is 28.3 Å². The molecule has 0 aliphatic rings. The second kappa shape index (κ2) is 6.93. The number of aliphatic carboxylic acids is 1. The van der Waals surface area contributed by atoms with Gasteiger partial charge in [-0.1, -0.05) is 25.9 Å². The van der Waals surface area contributed by atoms with Gasteiger partial charge in [0, 0.05) is 12.1 Å². The summed E-state index contributed by atoms with van der Waals surface area (Å²) >= 11 is 0. The van der Waals surface area contributed by atoms with Crippen molar-refractivity contribution in [3.05, 3.63) is 18.0 Å². The Labute approximate surface area is 117 Å². The molecule has 1 unspecified atom stereocenters. The third-order valence-corrected chi connectivity index (χ3v) is 2.54. The fourth-order valence-electron chi connectivity index (χ4n) is 1.86. The number of rotatable bonds is 6. The molecule has 7 nitrogen and oxygen atoms in total. The van der Waals surface area contributed by atoms with Crippen molar-refractivity contribution < 1.29 is 19.2 Å². The Balaban J connectivity index is 2.46. The second-order valence-electron chi connectivity index (χ2n) is 5.88. The smallest absolute Gasteiger partial charge is 0.315 e. The molecule has 0 aromatic carbocycles. The molecule has 112 valence electrons. The van der Waals surface area contributed by atoms with Gasteiger partial charge in [-0.05, 0) is 11.8 Å². The summed E-state index contributed by atoms with van der Waals surface area (Å²) in [5, 5.41) is 17.8. The summed E-state index contributed by atoms with van der Waals surface area (Å²) in [5.74, 6) is -0.934. The van der Waals surface area contributed by atoms with Crippen LogP contribution in [0.3, 0.4) is 0 Å². The first-order valence-electron chi connectivity index (χ1n) is 6.42. The summed E-state index contributed by atoms with van der Waals surface area (Å²) in [6.07, 6.45) is 1.90. The topological polar surface area (TPSA) is 104 Å². The Morgan fingerprint density at radius 3 is 2.65 bits per heavy atom. The van der Waals surface area contributed by atoms with Gasteiger partial charge in [0.15, 0.2) is 0 Å². The van der Waals surface area contributed by atoms with E-state index >= 15 is 0 Å². The first-order valence-corrected chi connectivity index (χ1v) is 6.42. The van der Waals surface area contributed by atoms with Gasteiger partial charge in [-0.3, -0.25) is 4.79 Å². The molecule has 1 atom stereocenters. The van der Waals surface area contributed by atoms with Gasteiger partial charge in [0.25, 0.3) is 0 Å². The summed E-state index contributed by atoms with van der Waals surface area (Å²) in [7, 11) is 0. The molecule has 2 amide bonds. The number of amides is 2. The summed E-state index contributed by atoms with van der Waals surface area (Å²) in [4.78, 5) is 22.6. The van der Waals surface area contributed by atoms with Crippen molar-refractivity contribution in [3.63, 3.8) is 0 Å². The van der Waals surface area contributed by atoms with Crippen LogP contribution in [-0.2, 0) is 11.3 Å². The van der Waals surface area contributed by atoms with Crippen LogP contribution in [0.25, 0.3) is 0 Å². The monoisotopic (exact) mass is 283 g/mol. The predicted octanol–water partition coefficient (Wildman–Crippen LogP) is 1.75. The molecule has 0 spiro atoms. The first kappa shape index (κ1) is 16.0. The number of hydrogen-bond acceptors (Lipinski definition) is 4. The molecule has 0 fully saturated rings. The normalized spacial score (nSPS) is 12.8. The number of urea groups is 1. The van der Waals surface area contributed by atoms with Gasteiger partial charge in [0.1, 0.15) is 12.0 Å². The number of hydrogen-bond donors (Lipinski definition) is 3. The molecular formula is C13H21N3O4. The van der Waals surface area contributed by atoms with Gasteiger partial charge in [0.05, 0.1) is 13.0 Å². The maximum atomic E-state index is 11.7. The molecular weight excluding hydrogens is 262 g/mol. The molecule has 0 aliphatic carbocycles. The van der Waals surface area contributed by atoms with Gasteiger partial charge >= 0.3 is 12.0 Å². The molecule has 0 bridgehead atoms. The fraction of sp³-hybridized carbons (Fsp3) is 0.615. The zero-order valence-corrected chi connectivity index (χ0v) is 12.0. The second-order valence-corrected chi connectivity index (χ2v) is 5.88. The minimum atomic E-state index is -0.934. The molecule has 3 N–H and O–H groups in total. The zero-order chi connectivity index (χ0) is 15.2. The van der Waals surface area contributed by atoms with E-state index in [2.05, 4.69) is 20.3 Å². The Morgan fingerprint density at radius 1 is 1.45 bits per heavy atom. The molecule has 1 aromatic heterocycles. The van der Waals surface area contributed by atoms with E-state index in [0.29, 0.717) is 12.1 Å². The highest BCUT2D eigenvalue weighted by Gasteiger charge is 2.22. The van der Waals surface area contributed by atoms with E-state index in [9.17, 15) is 9.59 Å². The van der Waals surface area contributed by atoms with Gasteiger partial charge in [0.2, 0.25) is 0 Å². The summed E-state index contributed by atoms with van der Waals surface area (Å²) in [6, 6.07) is 0.817. The van der Waals surface area contributed by atoms with E-state index in [4.69, 9.17) is 5.11 Å². The number of carboxylic acid groups (broad SMARTS) is 1. The lowest BCUT2D eigenvalue weighted by Gasteiger charge is -2.25. The van der Waals surface area contributed by atoms with Crippen LogP contribution in [0.15, 0.2) is 16.9 Å². The molecule has 0 radical (unpaired) electrons. The molecule has 1 aromatic rings. The zero-order valence-electron chi connectivity index (χ0n) is 12.0. The minimum Gasteiger partial charge on any atom is -0.481 e. The SMILES string of the molecule is CC(C)(C)CC(CC(=O)O)NC(=O)NCc1ccon1. The summed E-state index contributed by atoms with van der Waals surface area (Å²) in [6.45, 7) is 6.22. The number of nitrogens with one attached hydrogen (secondary N) is 2. The van der Waals surface area contributed by atoms with Crippen molar-refractivity contribution in [2.75, 3.05) is 0 Å². The molecule has 7 heteroatoms.